The average molecular weight is 348 g/mol. The second-order valence-electron chi connectivity index (χ2n) is 5.17. The molecule has 0 bridgehead atoms. The molecule has 0 aliphatic heterocycles. The smallest absolute Gasteiger partial charge is 0.319 e. The normalized spacial score (nSPS) is 10.8. The van der Waals surface area contributed by atoms with Crippen molar-refractivity contribution in [1.82, 2.24) is 19.9 Å². The van der Waals surface area contributed by atoms with Crippen LogP contribution in [0.4, 0.5) is 14.9 Å². The molecule has 1 aromatic carbocycles. The molecule has 0 saturated heterocycles. The van der Waals surface area contributed by atoms with E-state index in [1.807, 2.05) is 11.6 Å². The molecular formula is C16H15ClFN5O. The molecule has 0 fully saturated rings. The van der Waals surface area contributed by atoms with Gasteiger partial charge in [0.15, 0.2) is 11.0 Å². The molecular weight excluding hydrogens is 333 g/mol. The van der Waals surface area contributed by atoms with Crippen LogP contribution in [0.15, 0.2) is 36.5 Å². The largest absolute Gasteiger partial charge is 0.337 e. The van der Waals surface area contributed by atoms with Crippen molar-refractivity contribution in [3.63, 3.8) is 0 Å². The minimum atomic E-state index is -0.394. The number of para-hydroxylation sites is 1. The fourth-order valence-electron chi connectivity index (χ4n) is 2.39. The number of carbonyl (C=O) groups is 1. The number of imidazole rings is 1. The van der Waals surface area contributed by atoms with E-state index in [9.17, 15) is 9.18 Å². The van der Waals surface area contributed by atoms with Crippen molar-refractivity contribution in [2.45, 2.75) is 6.42 Å². The highest BCUT2D eigenvalue weighted by Crippen LogP contribution is 2.18. The minimum Gasteiger partial charge on any atom is -0.337 e. The monoisotopic (exact) mass is 347 g/mol. The van der Waals surface area contributed by atoms with Crippen LogP contribution in [-0.4, -0.2) is 27.1 Å². The summed E-state index contributed by atoms with van der Waals surface area (Å²) in [5, 5.41) is 5.55. The van der Waals surface area contributed by atoms with Crippen LogP contribution in [0.2, 0.25) is 5.15 Å². The molecule has 0 radical (unpaired) electrons. The van der Waals surface area contributed by atoms with Crippen molar-refractivity contribution in [2.75, 3.05) is 11.9 Å². The number of fused-ring (bicyclic) bond motifs is 1. The Balaban J connectivity index is 1.61. The van der Waals surface area contributed by atoms with E-state index in [-0.39, 0.29) is 11.0 Å². The standard InChI is InChI=1S/C16H15ClFN5O/c1-23-12-6-2-4-10(18)14(12)22-13(23)7-9-20-16(24)21-11-5-3-8-19-15(11)17/h2-6,8H,7,9H2,1H3,(H2,20,21,24). The van der Waals surface area contributed by atoms with E-state index in [1.54, 1.807) is 24.3 Å². The third-order valence-corrected chi connectivity index (χ3v) is 3.90. The van der Waals surface area contributed by atoms with Gasteiger partial charge >= 0.3 is 6.03 Å². The molecule has 24 heavy (non-hydrogen) atoms. The number of rotatable bonds is 4. The maximum Gasteiger partial charge on any atom is 0.319 e. The molecule has 0 saturated carbocycles. The lowest BCUT2D eigenvalue weighted by Gasteiger charge is -2.08. The molecule has 0 spiro atoms. The van der Waals surface area contributed by atoms with E-state index >= 15 is 0 Å². The number of amides is 2. The fraction of sp³-hybridized carbons (Fsp3) is 0.188. The Labute approximate surface area is 142 Å². The molecule has 2 amide bonds. The molecule has 3 aromatic rings. The Morgan fingerprint density at radius 2 is 2.17 bits per heavy atom. The van der Waals surface area contributed by atoms with E-state index in [2.05, 4.69) is 20.6 Å². The SMILES string of the molecule is Cn1c(CCNC(=O)Nc2cccnc2Cl)nc2c(F)cccc21. The Kier molecular flexibility index (Phi) is 4.61. The number of urea groups is 1. The van der Waals surface area contributed by atoms with Gasteiger partial charge in [-0.2, -0.15) is 0 Å². The molecule has 2 heterocycles. The Hall–Kier alpha value is -2.67. The first-order chi connectivity index (χ1) is 11.6. The summed E-state index contributed by atoms with van der Waals surface area (Å²) in [4.78, 5) is 20.0. The topological polar surface area (TPSA) is 71.8 Å². The summed E-state index contributed by atoms with van der Waals surface area (Å²) in [5.41, 5.74) is 1.49. The van der Waals surface area contributed by atoms with Crippen molar-refractivity contribution in [3.05, 3.63) is 53.3 Å². The number of nitrogens with one attached hydrogen (secondary N) is 2. The molecule has 0 aliphatic rings. The summed E-state index contributed by atoms with van der Waals surface area (Å²) in [6, 6.07) is 7.77. The van der Waals surface area contributed by atoms with E-state index in [4.69, 9.17) is 11.6 Å². The summed E-state index contributed by atoms with van der Waals surface area (Å²) < 4.78 is 15.6. The minimum absolute atomic E-state index is 0.221. The summed E-state index contributed by atoms with van der Waals surface area (Å²) in [5.74, 6) is 0.334. The zero-order valence-electron chi connectivity index (χ0n) is 12.9. The lowest BCUT2D eigenvalue weighted by atomic mass is 10.3. The van der Waals surface area contributed by atoms with Crippen LogP contribution >= 0.6 is 11.6 Å². The van der Waals surface area contributed by atoms with Crippen LogP contribution in [-0.2, 0) is 13.5 Å². The molecule has 8 heteroatoms. The number of pyridine rings is 1. The van der Waals surface area contributed by atoms with Gasteiger partial charge in [0.2, 0.25) is 0 Å². The Bertz CT molecular complexity index is 895. The summed E-state index contributed by atoms with van der Waals surface area (Å²) >= 11 is 5.88. The molecule has 124 valence electrons. The predicted molar refractivity (Wildman–Crippen MR) is 90.6 cm³/mol. The Morgan fingerprint density at radius 1 is 1.33 bits per heavy atom. The third kappa shape index (κ3) is 3.30. The lowest BCUT2D eigenvalue weighted by molar-refractivity contribution is 0.252. The molecule has 0 atom stereocenters. The first kappa shape index (κ1) is 16.2. The maximum atomic E-state index is 13.7. The third-order valence-electron chi connectivity index (χ3n) is 3.60. The average Bonchev–Trinajstić information content (AvgIpc) is 2.88. The summed E-state index contributed by atoms with van der Waals surface area (Å²) in [6.45, 7) is 0.350. The zero-order valence-corrected chi connectivity index (χ0v) is 13.6. The second-order valence-corrected chi connectivity index (χ2v) is 5.53. The quantitative estimate of drug-likeness (QED) is 0.712. The van der Waals surface area contributed by atoms with Gasteiger partial charge in [-0.1, -0.05) is 17.7 Å². The van der Waals surface area contributed by atoms with Crippen molar-refractivity contribution in [1.29, 1.82) is 0 Å². The van der Waals surface area contributed by atoms with Crippen molar-refractivity contribution in [2.24, 2.45) is 7.05 Å². The first-order valence-corrected chi connectivity index (χ1v) is 7.69. The number of nitrogens with zero attached hydrogens (tertiary/aromatic N) is 3. The number of hydrogen-bond acceptors (Lipinski definition) is 3. The number of anilines is 1. The molecule has 0 unspecified atom stereocenters. The van der Waals surface area contributed by atoms with Gasteiger partial charge in [0.05, 0.1) is 11.2 Å². The number of carbonyl (C=O) groups excluding carboxylic acids is 1. The van der Waals surface area contributed by atoms with Gasteiger partial charge in [-0.05, 0) is 24.3 Å². The number of halogens is 2. The van der Waals surface area contributed by atoms with Crippen LogP contribution in [0.1, 0.15) is 5.82 Å². The van der Waals surface area contributed by atoms with E-state index < -0.39 is 6.03 Å². The fourth-order valence-corrected chi connectivity index (χ4v) is 2.55. The molecule has 3 rings (SSSR count). The number of benzene rings is 1. The van der Waals surface area contributed by atoms with Gasteiger partial charge in [-0.15, -0.1) is 0 Å². The molecule has 2 N–H and O–H groups in total. The number of aromatic nitrogens is 3. The summed E-state index contributed by atoms with van der Waals surface area (Å²) in [7, 11) is 1.82. The molecule has 0 aliphatic carbocycles. The van der Waals surface area contributed by atoms with E-state index in [0.717, 1.165) is 5.52 Å². The van der Waals surface area contributed by atoms with Crippen LogP contribution in [0.3, 0.4) is 0 Å². The van der Waals surface area contributed by atoms with Crippen LogP contribution < -0.4 is 10.6 Å². The van der Waals surface area contributed by atoms with Gasteiger partial charge in [-0.25, -0.2) is 19.2 Å². The highest BCUT2D eigenvalue weighted by atomic mass is 35.5. The van der Waals surface area contributed by atoms with Gasteiger partial charge in [-0.3, -0.25) is 0 Å². The van der Waals surface area contributed by atoms with Crippen molar-refractivity contribution < 1.29 is 9.18 Å². The van der Waals surface area contributed by atoms with Gasteiger partial charge in [0.25, 0.3) is 0 Å². The number of hydrogen-bond donors (Lipinski definition) is 2. The second kappa shape index (κ2) is 6.84. The predicted octanol–water partition coefficient (Wildman–Crippen LogP) is 3.13. The zero-order chi connectivity index (χ0) is 17.1. The highest BCUT2D eigenvalue weighted by molar-refractivity contribution is 6.32. The van der Waals surface area contributed by atoms with Crippen LogP contribution in [0.25, 0.3) is 11.0 Å². The molecule has 2 aromatic heterocycles. The van der Waals surface area contributed by atoms with Crippen molar-refractivity contribution in [3.8, 4) is 0 Å². The highest BCUT2D eigenvalue weighted by Gasteiger charge is 2.11. The van der Waals surface area contributed by atoms with E-state index in [0.29, 0.717) is 30.0 Å². The number of aryl methyl sites for hydroxylation is 1. The summed E-state index contributed by atoms with van der Waals surface area (Å²) in [6.07, 6.45) is 2.01. The Morgan fingerprint density at radius 3 is 2.92 bits per heavy atom. The van der Waals surface area contributed by atoms with Gasteiger partial charge in [0.1, 0.15) is 11.3 Å². The van der Waals surface area contributed by atoms with Gasteiger partial charge < -0.3 is 15.2 Å². The lowest BCUT2D eigenvalue weighted by Crippen LogP contribution is -2.31. The maximum absolute atomic E-state index is 13.7. The first-order valence-electron chi connectivity index (χ1n) is 7.31. The van der Waals surface area contributed by atoms with Gasteiger partial charge in [0, 0.05) is 26.2 Å². The van der Waals surface area contributed by atoms with Crippen molar-refractivity contribution >= 4 is 34.4 Å². The molecule has 6 nitrogen and oxygen atoms in total. The van der Waals surface area contributed by atoms with Crippen LogP contribution in [0.5, 0.6) is 0 Å². The van der Waals surface area contributed by atoms with E-state index in [1.165, 1.54) is 12.3 Å². The van der Waals surface area contributed by atoms with Crippen LogP contribution in [0, 0.1) is 5.82 Å².